The van der Waals surface area contributed by atoms with Crippen molar-refractivity contribution in [3.05, 3.63) is 33.7 Å². The number of thiophene rings is 1. The van der Waals surface area contributed by atoms with E-state index in [0.717, 1.165) is 37.0 Å². The fourth-order valence-electron chi connectivity index (χ4n) is 3.72. The Labute approximate surface area is 184 Å². The Hall–Kier alpha value is -2.88. The SMILES string of the molecule is CCOC(=O)C1=C(COC(=O)CNC(=O)C2CCCCC2)NC(=O)N[C@H]1c1cccs1. The van der Waals surface area contributed by atoms with E-state index in [1.165, 1.54) is 11.3 Å². The molecule has 9 nitrogen and oxygen atoms in total. The van der Waals surface area contributed by atoms with Gasteiger partial charge in [-0.3, -0.25) is 9.59 Å². The quantitative estimate of drug-likeness (QED) is 0.523. The number of nitrogens with one attached hydrogen (secondary N) is 3. The third kappa shape index (κ3) is 6.06. The van der Waals surface area contributed by atoms with Gasteiger partial charge in [0.2, 0.25) is 5.91 Å². The fourth-order valence-corrected chi connectivity index (χ4v) is 4.51. The monoisotopic (exact) mass is 449 g/mol. The van der Waals surface area contributed by atoms with Crippen LogP contribution in [0.4, 0.5) is 4.79 Å². The summed E-state index contributed by atoms with van der Waals surface area (Å²) >= 11 is 1.38. The van der Waals surface area contributed by atoms with Crippen LogP contribution in [0.3, 0.4) is 0 Å². The second-order valence-corrected chi connectivity index (χ2v) is 8.35. The maximum absolute atomic E-state index is 12.6. The van der Waals surface area contributed by atoms with Gasteiger partial charge in [0.1, 0.15) is 13.2 Å². The Bertz CT molecular complexity index is 845. The maximum atomic E-state index is 12.6. The molecule has 3 rings (SSSR count). The number of carbonyl (C=O) groups excluding carboxylic acids is 4. The van der Waals surface area contributed by atoms with Crippen LogP contribution in [0.15, 0.2) is 28.8 Å². The first kappa shape index (κ1) is 22.8. The Morgan fingerprint density at radius 2 is 1.97 bits per heavy atom. The molecule has 0 bridgehead atoms. The second kappa shape index (κ2) is 10.9. The van der Waals surface area contributed by atoms with Crippen LogP contribution in [0, 0.1) is 5.92 Å². The van der Waals surface area contributed by atoms with Crippen LogP contribution >= 0.6 is 11.3 Å². The van der Waals surface area contributed by atoms with Gasteiger partial charge in [0.15, 0.2) is 0 Å². The molecular weight excluding hydrogens is 422 g/mol. The minimum atomic E-state index is -0.701. The van der Waals surface area contributed by atoms with Crippen LogP contribution in [0.5, 0.6) is 0 Å². The highest BCUT2D eigenvalue weighted by molar-refractivity contribution is 7.10. The van der Waals surface area contributed by atoms with E-state index in [0.29, 0.717) is 0 Å². The molecular formula is C21H27N3O6S. The summed E-state index contributed by atoms with van der Waals surface area (Å²) < 4.78 is 10.4. The highest BCUT2D eigenvalue weighted by atomic mass is 32.1. The summed E-state index contributed by atoms with van der Waals surface area (Å²) in [6.07, 6.45) is 4.84. The van der Waals surface area contributed by atoms with Gasteiger partial charge in [0.05, 0.1) is 23.9 Å². The zero-order chi connectivity index (χ0) is 22.2. The van der Waals surface area contributed by atoms with E-state index in [2.05, 4.69) is 16.0 Å². The van der Waals surface area contributed by atoms with Crippen LogP contribution in [0.25, 0.3) is 0 Å². The number of hydrogen-bond donors (Lipinski definition) is 3. The molecule has 1 aromatic heterocycles. The first-order valence-corrected chi connectivity index (χ1v) is 11.3. The highest BCUT2D eigenvalue weighted by Gasteiger charge is 2.34. The predicted molar refractivity (Wildman–Crippen MR) is 113 cm³/mol. The molecule has 1 aliphatic carbocycles. The van der Waals surface area contributed by atoms with Gasteiger partial charge in [-0.2, -0.15) is 0 Å². The summed E-state index contributed by atoms with van der Waals surface area (Å²) in [4.78, 5) is 49.8. The van der Waals surface area contributed by atoms with Gasteiger partial charge >= 0.3 is 18.0 Å². The number of hydrogen-bond acceptors (Lipinski definition) is 7. The molecule has 1 saturated carbocycles. The lowest BCUT2D eigenvalue weighted by molar-refractivity contribution is -0.144. The van der Waals surface area contributed by atoms with E-state index in [4.69, 9.17) is 9.47 Å². The molecule has 31 heavy (non-hydrogen) atoms. The fraction of sp³-hybridized carbons (Fsp3) is 0.524. The molecule has 10 heteroatoms. The third-order valence-corrected chi connectivity index (χ3v) is 6.17. The van der Waals surface area contributed by atoms with Gasteiger partial charge in [0.25, 0.3) is 0 Å². The van der Waals surface area contributed by atoms with Gasteiger partial charge < -0.3 is 25.4 Å². The van der Waals surface area contributed by atoms with Gasteiger partial charge in [0, 0.05) is 10.8 Å². The molecule has 0 aromatic carbocycles. The largest absolute Gasteiger partial charge is 0.463 e. The van der Waals surface area contributed by atoms with Crippen molar-refractivity contribution < 1.29 is 28.7 Å². The average molecular weight is 450 g/mol. The number of carbonyl (C=O) groups is 4. The lowest BCUT2D eigenvalue weighted by Crippen LogP contribution is -2.47. The smallest absolute Gasteiger partial charge is 0.338 e. The molecule has 1 aromatic rings. The number of ether oxygens (including phenoxy) is 2. The molecule has 0 unspecified atom stereocenters. The summed E-state index contributed by atoms with van der Waals surface area (Å²) in [6.45, 7) is 1.26. The minimum Gasteiger partial charge on any atom is -0.463 e. The van der Waals surface area contributed by atoms with Crippen molar-refractivity contribution in [1.82, 2.24) is 16.0 Å². The van der Waals surface area contributed by atoms with E-state index < -0.39 is 24.0 Å². The van der Waals surface area contributed by atoms with E-state index in [9.17, 15) is 19.2 Å². The van der Waals surface area contributed by atoms with Gasteiger partial charge in [-0.15, -0.1) is 11.3 Å². The molecule has 1 atom stereocenters. The molecule has 2 aliphatic rings. The predicted octanol–water partition coefficient (Wildman–Crippen LogP) is 2.16. The second-order valence-electron chi connectivity index (χ2n) is 7.37. The van der Waals surface area contributed by atoms with Crippen molar-refractivity contribution in [2.24, 2.45) is 5.92 Å². The zero-order valence-electron chi connectivity index (χ0n) is 17.4. The van der Waals surface area contributed by atoms with Crippen molar-refractivity contribution in [3.63, 3.8) is 0 Å². The molecule has 1 aliphatic heterocycles. The summed E-state index contributed by atoms with van der Waals surface area (Å²) in [5.41, 5.74) is 0.343. The van der Waals surface area contributed by atoms with E-state index in [1.54, 1.807) is 13.0 Å². The molecule has 3 amide bonds. The standard InChI is InChI=1S/C21H27N3O6S/c1-2-29-20(27)17-14(23-21(28)24-18(17)15-9-6-10-31-15)12-30-16(25)11-22-19(26)13-7-4-3-5-8-13/h6,9-10,13,18H,2-5,7-8,11-12H2,1H3,(H,22,26)(H2,23,24,28)/t18-/m0/s1. The maximum Gasteiger partial charge on any atom is 0.338 e. The first-order valence-electron chi connectivity index (χ1n) is 10.4. The van der Waals surface area contributed by atoms with Crippen molar-refractivity contribution >= 4 is 35.2 Å². The lowest BCUT2D eigenvalue weighted by Gasteiger charge is -2.28. The number of esters is 2. The number of rotatable bonds is 8. The van der Waals surface area contributed by atoms with Crippen LogP contribution in [-0.4, -0.2) is 43.6 Å². The van der Waals surface area contributed by atoms with Gasteiger partial charge in [-0.05, 0) is 31.2 Å². The Balaban J connectivity index is 1.65. The normalized spacial score (nSPS) is 19.3. The Morgan fingerprint density at radius 1 is 1.19 bits per heavy atom. The van der Waals surface area contributed by atoms with E-state index >= 15 is 0 Å². The van der Waals surface area contributed by atoms with Crippen molar-refractivity contribution in [1.29, 1.82) is 0 Å². The molecule has 1 fully saturated rings. The topological polar surface area (TPSA) is 123 Å². The Kier molecular flexibility index (Phi) is 8.05. The molecule has 0 saturated heterocycles. The molecule has 168 valence electrons. The lowest BCUT2D eigenvalue weighted by atomic mass is 9.89. The summed E-state index contributed by atoms with van der Waals surface area (Å²) in [5.74, 6) is -1.46. The summed E-state index contributed by atoms with van der Waals surface area (Å²) in [5, 5.41) is 9.69. The molecule has 0 radical (unpaired) electrons. The van der Waals surface area contributed by atoms with Crippen molar-refractivity contribution in [3.8, 4) is 0 Å². The summed E-state index contributed by atoms with van der Waals surface area (Å²) in [6, 6.07) is 2.39. The van der Waals surface area contributed by atoms with Crippen molar-refractivity contribution in [2.45, 2.75) is 45.1 Å². The van der Waals surface area contributed by atoms with E-state index in [1.807, 2.05) is 11.4 Å². The van der Waals surface area contributed by atoms with E-state index in [-0.39, 0.29) is 42.9 Å². The van der Waals surface area contributed by atoms with Gasteiger partial charge in [-0.1, -0.05) is 25.3 Å². The molecule has 0 spiro atoms. The Morgan fingerprint density at radius 3 is 2.65 bits per heavy atom. The average Bonchev–Trinajstić information content (AvgIpc) is 3.31. The van der Waals surface area contributed by atoms with Crippen LogP contribution < -0.4 is 16.0 Å². The van der Waals surface area contributed by atoms with Crippen LogP contribution in [-0.2, 0) is 23.9 Å². The number of urea groups is 1. The first-order chi connectivity index (χ1) is 15.0. The number of amides is 3. The molecule has 2 heterocycles. The minimum absolute atomic E-state index is 0.0602. The highest BCUT2D eigenvalue weighted by Crippen LogP contribution is 2.30. The zero-order valence-corrected chi connectivity index (χ0v) is 18.2. The third-order valence-electron chi connectivity index (χ3n) is 5.24. The van der Waals surface area contributed by atoms with Crippen LogP contribution in [0.1, 0.15) is 49.9 Å². The van der Waals surface area contributed by atoms with Crippen LogP contribution in [0.2, 0.25) is 0 Å². The molecule has 3 N–H and O–H groups in total. The van der Waals surface area contributed by atoms with Gasteiger partial charge in [-0.25, -0.2) is 9.59 Å². The van der Waals surface area contributed by atoms with Crippen molar-refractivity contribution in [2.75, 3.05) is 19.8 Å². The summed E-state index contributed by atoms with van der Waals surface area (Å²) in [7, 11) is 0.